The summed E-state index contributed by atoms with van der Waals surface area (Å²) in [6, 6.07) is 27.1. The Morgan fingerprint density at radius 2 is 1.27 bits per heavy atom. The number of rotatable bonds is 12. The summed E-state index contributed by atoms with van der Waals surface area (Å²) in [7, 11) is 0. The van der Waals surface area contributed by atoms with Gasteiger partial charge in [-0.1, -0.05) is 91.0 Å². The van der Waals surface area contributed by atoms with Crippen molar-refractivity contribution < 1.29 is 23.9 Å². The molecule has 0 bridgehead atoms. The van der Waals surface area contributed by atoms with Crippen LogP contribution in [0.2, 0.25) is 0 Å². The standard InChI is InChI=1S/C29H31N3O5/c33-27(31-20-23-12-4-1-5-13-23)26(32-29(35)37-22-25-16-8-3-9-17-25)18-10-11-19-30-28(34)36-21-24-14-6-2-7-15-24/h1-9,12-17,20,26H,10-11,18-19,21-22H2,(H,30,34)(H,32,35)/t26-/m0/s1. The Bertz CT molecular complexity index is 1140. The van der Waals surface area contributed by atoms with Gasteiger partial charge in [0.05, 0.1) is 0 Å². The van der Waals surface area contributed by atoms with Gasteiger partial charge in [0.15, 0.2) is 0 Å². The molecule has 0 saturated heterocycles. The molecule has 37 heavy (non-hydrogen) atoms. The molecule has 3 aromatic rings. The van der Waals surface area contributed by atoms with E-state index in [4.69, 9.17) is 9.47 Å². The molecule has 1 atom stereocenters. The molecule has 2 N–H and O–H groups in total. The summed E-state index contributed by atoms with van der Waals surface area (Å²) in [5.74, 6) is -0.476. The SMILES string of the molecule is O=C(NCCCC[C@H](NC(=O)OCc1ccccc1)C(=O)N=Cc1ccccc1)OCc1ccccc1. The summed E-state index contributed by atoms with van der Waals surface area (Å²) in [4.78, 5) is 41.0. The van der Waals surface area contributed by atoms with Gasteiger partial charge >= 0.3 is 12.2 Å². The third-order valence-electron chi connectivity index (χ3n) is 5.35. The number of benzene rings is 3. The molecule has 8 heteroatoms. The second-order valence-electron chi connectivity index (χ2n) is 8.25. The fourth-order valence-corrected chi connectivity index (χ4v) is 3.37. The van der Waals surface area contributed by atoms with Crippen molar-refractivity contribution in [2.24, 2.45) is 4.99 Å². The molecule has 0 unspecified atom stereocenters. The highest BCUT2D eigenvalue weighted by molar-refractivity contribution is 5.95. The summed E-state index contributed by atoms with van der Waals surface area (Å²) in [6.45, 7) is 0.661. The number of nitrogens with one attached hydrogen (secondary N) is 2. The Labute approximate surface area is 216 Å². The van der Waals surface area contributed by atoms with Crippen LogP contribution in [-0.4, -0.2) is 36.9 Å². The van der Waals surface area contributed by atoms with Crippen molar-refractivity contribution in [3.05, 3.63) is 108 Å². The van der Waals surface area contributed by atoms with E-state index >= 15 is 0 Å². The van der Waals surface area contributed by atoms with Gasteiger partial charge < -0.3 is 20.1 Å². The van der Waals surface area contributed by atoms with E-state index in [-0.39, 0.29) is 13.2 Å². The normalized spacial score (nSPS) is 11.5. The number of carbonyl (C=O) groups is 3. The lowest BCUT2D eigenvalue weighted by Crippen LogP contribution is -2.40. The number of carbonyl (C=O) groups excluding carboxylic acids is 3. The van der Waals surface area contributed by atoms with Crippen LogP contribution in [0.15, 0.2) is 96.0 Å². The van der Waals surface area contributed by atoms with Crippen molar-refractivity contribution in [3.8, 4) is 0 Å². The highest BCUT2D eigenvalue weighted by atomic mass is 16.6. The molecule has 8 nitrogen and oxygen atoms in total. The van der Waals surface area contributed by atoms with E-state index in [0.29, 0.717) is 25.8 Å². The highest BCUT2D eigenvalue weighted by Gasteiger charge is 2.20. The average molecular weight is 502 g/mol. The fourth-order valence-electron chi connectivity index (χ4n) is 3.37. The number of ether oxygens (including phenoxy) is 2. The molecule has 0 heterocycles. The minimum absolute atomic E-state index is 0.0931. The van der Waals surface area contributed by atoms with Crippen molar-refractivity contribution in [2.45, 2.75) is 38.5 Å². The van der Waals surface area contributed by atoms with Crippen LogP contribution < -0.4 is 10.6 Å². The largest absolute Gasteiger partial charge is 0.445 e. The number of hydrogen-bond acceptors (Lipinski definition) is 5. The van der Waals surface area contributed by atoms with E-state index < -0.39 is 24.1 Å². The van der Waals surface area contributed by atoms with Crippen molar-refractivity contribution >= 4 is 24.3 Å². The first kappa shape index (κ1) is 27.1. The van der Waals surface area contributed by atoms with Gasteiger partial charge in [0, 0.05) is 12.8 Å². The second kappa shape index (κ2) is 15.5. The van der Waals surface area contributed by atoms with E-state index in [1.54, 1.807) is 0 Å². The summed E-state index contributed by atoms with van der Waals surface area (Å²) in [5.41, 5.74) is 2.52. The quantitative estimate of drug-likeness (QED) is 0.268. The maximum Gasteiger partial charge on any atom is 0.408 e. The van der Waals surface area contributed by atoms with Crippen molar-refractivity contribution in [1.29, 1.82) is 0 Å². The van der Waals surface area contributed by atoms with Crippen LogP contribution in [0.25, 0.3) is 0 Å². The van der Waals surface area contributed by atoms with E-state index in [1.165, 1.54) is 6.21 Å². The van der Waals surface area contributed by atoms with Crippen LogP contribution in [0.1, 0.15) is 36.0 Å². The van der Waals surface area contributed by atoms with Crippen LogP contribution in [0.3, 0.4) is 0 Å². The molecule has 3 aromatic carbocycles. The molecule has 3 amide bonds. The van der Waals surface area contributed by atoms with Crippen molar-refractivity contribution in [1.82, 2.24) is 10.6 Å². The summed E-state index contributed by atoms with van der Waals surface area (Å²) in [6.07, 6.45) is 1.76. The molecule has 0 spiro atoms. The van der Waals surface area contributed by atoms with E-state index in [9.17, 15) is 14.4 Å². The van der Waals surface area contributed by atoms with Gasteiger partial charge in [-0.15, -0.1) is 0 Å². The van der Waals surface area contributed by atoms with Crippen LogP contribution >= 0.6 is 0 Å². The van der Waals surface area contributed by atoms with Crippen molar-refractivity contribution in [3.63, 3.8) is 0 Å². The molecule has 0 radical (unpaired) electrons. The predicted molar refractivity (Wildman–Crippen MR) is 141 cm³/mol. The van der Waals surface area contributed by atoms with Gasteiger partial charge in [0.25, 0.3) is 5.91 Å². The fraction of sp³-hybridized carbons (Fsp3) is 0.241. The van der Waals surface area contributed by atoms with Crippen LogP contribution in [0.5, 0.6) is 0 Å². The second-order valence-corrected chi connectivity index (χ2v) is 8.25. The Kier molecular flexibility index (Phi) is 11.4. The van der Waals surface area contributed by atoms with Crippen LogP contribution in [0, 0.1) is 0 Å². The van der Waals surface area contributed by atoms with E-state index in [2.05, 4.69) is 15.6 Å². The topological polar surface area (TPSA) is 106 Å². The lowest BCUT2D eigenvalue weighted by atomic mass is 10.1. The number of nitrogens with zero attached hydrogens (tertiary/aromatic N) is 1. The maximum absolute atomic E-state index is 12.8. The van der Waals surface area contributed by atoms with E-state index in [1.807, 2.05) is 91.0 Å². The number of unbranched alkanes of at least 4 members (excludes halogenated alkanes) is 1. The zero-order valence-electron chi connectivity index (χ0n) is 20.5. The Morgan fingerprint density at radius 1 is 0.730 bits per heavy atom. The first-order valence-electron chi connectivity index (χ1n) is 12.1. The molecule has 0 aliphatic carbocycles. The Balaban J connectivity index is 1.45. The first-order chi connectivity index (χ1) is 18.1. The van der Waals surface area contributed by atoms with Crippen LogP contribution in [-0.2, 0) is 27.5 Å². The number of hydrogen-bond donors (Lipinski definition) is 2. The molecular formula is C29H31N3O5. The molecule has 0 aromatic heterocycles. The summed E-state index contributed by atoms with van der Waals surface area (Å²) < 4.78 is 10.5. The minimum Gasteiger partial charge on any atom is -0.445 e. The molecule has 0 aliphatic rings. The van der Waals surface area contributed by atoms with Gasteiger partial charge in [0.2, 0.25) is 0 Å². The zero-order chi connectivity index (χ0) is 26.1. The molecule has 192 valence electrons. The molecule has 0 fully saturated rings. The smallest absolute Gasteiger partial charge is 0.408 e. The summed E-state index contributed by atoms with van der Waals surface area (Å²) >= 11 is 0. The van der Waals surface area contributed by atoms with Gasteiger partial charge in [-0.25, -0.2) is 14.6 Å². The maximum atomic E-state index is 12.8. The average Bonchev–Trinajstić information content (AvgIpc) is 2.94. The molecule has 0 saturated carbocycles. The third kappa shape index (κ3) is 10.8. The molecule has 0 aliphatic heterocycles. The predicted octanol–water partition coefficient (Wildman–Crippen LogP) is 5.02. The number of aliphatic imine (C=N–C) groups is 1. The lowest BCUT2D eigenvalue weighted by molar-refractivity contribution is -0.119. The van der Waals surface area contributed by atoms with E-state index in [0.717, 1.165) is 16.7 Å². The van der Waals surface area contributed by atoms with Gasteiger partial charge in [0.1, 0.15) is 19.3 Å². The van der Waals surface area contributed by atoms with Crippen molar-refractivity contribution in [2.75, 3.05) is 6.54 Å². The zero-order valence-corrected chi connectivity index (χ0v) is 20.5. The molecular weight excluding hydrogens is 470 g/mol. The molecule has 3 rings (SSSR count). The Morgan fingerprint density at radius 3 is 1.86 bits per heavy atom. The monoisotopic (exact) mass is 501 g/mol. The number of amides is 3. The lowest BCUT2D eigenvalue weighted by Gasteiger charge is -2.16. The van der Waals surface area contributed by atoms with Crippen LogP contribution in [0.4, 0.5) is 9.59 Å². The minimum atomic E-state index is -0.853. The first-order valence-corrected chi connectivity index (χ1v) is 12.1. The third-order valence-corrected chi connectivity index (χ3v) is 5.35. The number of alkyl carbamates (subject to hydrolysis) is 2. The highest BCUT2D eigenvalue weighted by Crippen LogP contribution is 2.07. The Hall–Kier alpha value is -4.46. The van der Waals surface area contributed by atoms with Gasteiger partial charge in [-0.2, -0.15) is 0 Å². The summed E-state index contributed by atoms with van der Waals surface area (Å²) in [5, 5.41) is 5.32. The van der Waals surface area contributed by atoms with Gasteiger partial charge in [-0.05, 0) is 36.0 Å². The van der Waals surface area contributed by atoms with Gasteiger partial charge in [-0.3, -0.25) is 4.79 Å².